The van der Waals surface area contributed by atoms with E-state index < -0.39 is 23.5 Å². The van der Waals surface area contributed by atoms with Gasteiger partial charge in [-0.05, 0) is 55.0 Å². The number of benzene rings is 3. The van der Waals surface area contributed by atoms with Crippen LogP contribution in [0, 0.1) is 0 Å². The molecule has 7 nitrogen and oxygen atoms in total. The minimum atomic E-state index is -0.933. The average Bonchev–Trinajstić information content (AvgIpc) is 3.58. The maximum absolute atomic E-state index is 13.7. The van der Waals surface area contributed by atoms with E-state index in [1.165, 1.54) is 16.2 Å². The number of amides is 1. The zero-order valence-corrected chi connectivity index (χ0v) is 21.0. The standard InChI is InChI=1S/C28H19ClN2O5S/c1-2-35-18-11-12-19-22(14-18)37-28(30-19)31-24(15-7-9-17(29)10-8-15)23(26(33)27(31)34)25(32)21-13-16-5-3-4-6-20(16)36-21/h3-14,24,33H,2H2,1H3. The van der Waals surface area contributed by atoms with E-state index >= 15 is 0 Å². The van der Waals surface area contributed by atoms with Crippen molar-refractivity contribution < 1.29 is 23.8 Å². The second-order valence-corrected chi connectivity index (χ2v) is 9.87. The van der Waals surface area contributed by atoms with E-state index in [1.54, 1.807) is 42.5 Å². The van der Waals surface area contributed by atoms with E-state index in [0.717, 1.165) is 10.1 Å². The van der Waals surface area contributed by atoms with E-state index in [1.807, 2.05) is 37.3 Å². The highest BCUT2D eigenvalue weighted by atomic mass is 35.5. The van der Waals surface area contributed by atoms with Crippen LogP contribution in [0.5, 0.6) is 5.75 Å². The lowest BCUT2D eigenvalue weighted by Crippen LogP contribution is -2.30. The summed E-state index contributed by atoms with van der Waals surface area (Å²) in [6.07, 6.45) is 0. The molecule has 3 aromatic carbocycles. The van der Waals surface area contributed by atoms with Crippen molar-refractivity contribution in [2.45, 2.75) is 13.0 Å². The zero-order chi connectivity index (χ0) is 25.7. The molecule has 2 aromatic heterocycles. The molecule has 0 saturated carbocycles. The number of ketones is 1. The molecular formula is C28H19ClN2O5S. The van der Waals surface area contributed by atoms with Gasteiger partial charge in [0.15, 0.2) is 16.7 Å². The van der Waals surface area contributed by atoms with Gasteiger partial charge in [0, 0.05) is 10.4 Å². The number of para-hydroxylation sites is 1. The van der Waals surface area contributed by atoms with Gasteiger partial charge in [0.25, 0.3) is 5.91 Å². The molecule has 6 rings (SSSR count). The van der Waals surface area contributed by atoms with E-state index in [9.17, 15) is 14.7 Å². The van der Waals surface area contributed by atoms with Crippen molar-refractivity contribution in [2.24, 2.45) is 0 Å². The molecule has 0 bridgehead atoms. The Morgan fingerprint density at radius 2 is 1.92 bits per heavy atom. The molecule has 1 aliphatic rings. The molecule has 0 aliphatic carbocycles. The van der Waals surface area contributed by atoms with Crippen LogP contribution in [0.2, 0.25) is 5.02 Å². The average molecular weight is 531 g/mol. The van der Waals surface area contributed by atoms with Gasteiger partial charge in [0.2, 0.25) is 5.78 Å². The molecule has 0 spiro atoms. The number of Topliss-reactive ketones (excluding diaryl/α,β-unsaturated/α-hetero) is 1. The SMILES string of the molecule is CCOc1ccc2nc(N3C(=O)C(O)=C(C(=O)c4cc5ccccc5o4)C3c3ccc(Cl)cc3)sc2c1. The first-order valence-electron chi connectivity index (χ1n) is 11.5. The third-order valence-corrected chi connectivity index (χ3v) is 7.42. The minimum Gasteiger partial charge on any atom is -0.503 e. The number of carbonyl (C=O) groups excluding carboxylic acids is 2. The Labute approximate surface area is 220 Å². The number of furan rings is 1. The summed E-state index contributed by atoms with van der Waals surface area (Å²) < 4.78 is 12.2. The van der Waals surface area contributed by atoms with E-state index in [4.69, 9.17) is 20.8 Å². The highest BCUT2D eigenvalue weighted by molar-refractivity contribution is 7.22. The van der Waals surface area contributed by atoms with Crippen LogP contribution in [0.15, 0.2) is 88.5 Å². The van der Waals surface area contributed by atoms with Gasteiger partial charge >= 0.3 is 0 Å². The van der Waals surface area contributed by atoms with Gasteiger partial charge in [0.1, 0.15) is 11.3 Å². The summed E-state index contributed by atoms with van der Waals surface area (Å²) >= 11 is 7.39. The lowest BCUT2D eigenvalue weighted by molar-refractivity contribution is -0.117. The third kappa shape index (κ3) is 3.94. The van der Waals surface area contributed by atoms with E-state index in [-0.39, 0.29) is 11.3 Å². The van der Waals surface area contributed by atoms with Gasteiger partial charge in [-0.2, -0.15) is 0 Å². The summed E-state index contributed by atoms with van der Waals surface area (Å²) in [7, 11) is 0. The van der Waals surface area contributed by atoms with Crippen LogP contribution >= 0.6 is 22.9 Å². The van der Waals surface area contributed by atoms with Gasteiger partial charge < -0.3 is 14.3 Å². The van der Waals surface area contributed by atoms with Crippen LogP contribution in [-0.2, 0) is 4.79 Å². The number of nitrogens with zero attached hydrogens (tertiary/aromatic N) is 2. The van der Waals surface area contributed by atoms with E-state index in [0.29, 0.717) is 39.2 Å². The summed E-state index contributed by atoms with van der Waals surface area (Å²) in [5.74, 6) is -1.22. The van der Waals surface area contributed by atoms with Gasteiger partial charge in [-0.15, -0.1) is 0 Å². The molecule has 1 atom stereocenters. The van der Waals surface area contributed by atoms with Crippen LogP contribution in [-0.4, -0.2) is 28.4 Å². The van der Waals surface area contributed by atoms with Crippen LogP contribution in [0.25, 0.3) is 21.2 Å². The molecule has 1 amide bonds. The maximum atomic E-state index is 13.7. The third-order valence-electron chi connectivity index (χ3n) is 6.15. The molecule has 5 aromatic rings. The second kappa shape index (κ2) is 9.06. The first-order chi connectivity index (χ1) is 17.9. The summed E-state index contributed by atoms with van der Waals surface area (Å²) in [5, 5.41) is 12.6. The quantitative estimate of drug-likeness (QED) is 0.241. The summed E-state index contributed by atoms with van der Waals surface area (Å²) in [5.41, 5.74) is 1.71. The Morgan fingerprint density at radius 3 is 2.68 bits per heavy atom. The summed E-state index contributed by atoms with van der Waals surface area (Å²) in [6, 6.07) is 20.1. The van der Waals surface area contributed by atoms with Crippen molar-refractivity contribution in [3.8, 4) is 5.75 Å². The maximum Gasteiger partial charge on any atom is 0.296 e. The van der Waals surface area contributed by atoms with Crippen molar-refractivity contribution >= 4 is 60.9 Å². The lowest BCUT2D eigenvalue weighted by Gasteiger charge is -2.24. The molecule has 3 heterocycles. The van der Waals surface area contributed by atoms with Crippen molar-refractivity contribution in [1.29, 1.82) is 0 Å². The highest BCUT2D eigenvalue weighted by Crippen LogP contribution is 2.45. The predicted octanol–water partition coefficient (Wildman–Crippen LogP) is 6.88. The van der Waals surface area contributed by atoms with Crippen molar-refractivity contribution in [2.75, 3.05) is 11.5 Å². The lowest BCUT2D eigenvalue weighted by atomic mass is 9.95. The molecule has 184 valence electrons. The number of rotatable bonds is 6. The number of anilines is 1. The first-order valence-corrected chi connectivity index (χ1v) is 12.7. The number of thiazole rings is 1. The van der Waals surface area contributed by atoms with Crippen molar-refractivity contribution in [1.82, 2.24) is 4.98 Å². The largest absolute Gasteiger partial charge is 0.503 e. The number of aliphatic hydroxyl groups is 1. The number of ether oxygens (including phenoxy) is 1. The summed E-state index contributed by atoms with van der Waals surface area (Å²) in [4.78, 5) is 33.2. The molecule has 0 fully saturated rings. The van der Waals surface area contributed by atoms with Gasteiger partial charge in [-0.25, -0.2) is 4.98 Å². The Morgan fingerprint density at radius 1 is 1.14 bits per heavy atom. The molecule has 0 saturated heterocycles. The highest BCUT2D eigenvalue weighted by Gasteiger charge is 2.46. The number of hydrogen-bond donors (Lipinski definition) is 1. The molecule has 0 radical (unpaired) electrons. The Kier molecular flexibility index (Phi) is 5.70. The van der Waals surface area contributed by atoms with Crippen LogP contribution < -0.4 is 9.64 Å². The number of halogens is 1. The van der Waals surface area contributed by atoms with Gasteiger partial charge in [-0.3, -0.25) is 14.5 Å². The normalized spacial score (nSPS) is 15.8. The van der Waals surface area contributed by atoms with E-state index in [2.05, 4.69) is 4.98 Å². The fraction of sp³-hybridized carbons (Fsp3) is 0.107. The monoisotopic (exact) mass is 530 g/mol. The zero-order valence-electron chi connectivity index (χ0n) is 19.5. The molecule has 37 heavy (non-hydrogen) atoms. The van der Waals surface area contributed by atoms with Crippen molar-refractivity contribution in [3.63, 3.8) is 0 Å². The first kappa shape index (κ1) is 23.3. The minimum absolute atomic E-state index is 0.0296. The molecule has 1 aliphatic heterocycles. The number of aliphatic hydroxyl groups excluding tert-OH is 1. The molecular weight excluding hydrogens is 512 g/mol. The molecule has 1 N–H and O–H groups in total. The number of aromatic nitrogens is 1. The smallest absolute Gasteiger partial charge is 0.296 e. The Balaban J connectivity index is 1.48. The number of fused-ring (bicyclic) bond motifs is 2. The van der Waals surface area contributed by atoms with Gasteiger partial charge in [0.05, 0.1) is 28.4 Å². The van der Waals surface area contributed by atoms with Crippen LogP contribution in [0.4, 0.5) is 5.13 Å². The van der Waals surface area contributed by atoms with Gasteiger partial charge in [-0.1, -0.05) is 53.3 Å². The summed E-state index contributed by atoms with van der Waals surface area (Å²) in [6.45, 7) is 2.42. The van der Waals surface area contributed by atoms with Crippen LogP contribution in [0.3, 0.4) is 0 Å². The fourth-order valence-corrected chi connectivity index (χ4v) is 5.62. The Bertz CT molecular complexity index is 1690. The number of hydrogen-bond acceptors (Lipinski definition) is 7. The molecule has 9 heteroatoms. The second-order valence-electron chi connectivity index (χ2n) is 8.43. The van der Waals surface area contributed by atoms with Crippen molar-refractivity contribution in [3.05, 3.63) is 100 Å². The fourth-order valence-electron chi connectivity index (χ4n) is 4.47. The molecule has 1 unspecified atom stereocenters. The number of carbonyl (C=O) groups is 2. The predicted molar refractivity (Wildman–Crippen MR) is 143 cm³/mol. The Hall–Kier alpha value is -4.14. The topological polar surface area (TPSA) is 92.9 Å². The van der Waals surface area contributed by atoms with Crippen LogP contribution in [0.1, 0.15) is 29.1 Å².